The minimum absolute atomic E-state index is 0.121. The predicted octanol–water partition coefficient (Wildman–Crippen LogP) is 4.56. The van der Waals surface area contributed by atoms with Gasteiger partial charge in [-0.05, 0) is 44.0 Å². The fourth-order valence-corrected chi connectivity index (χ4v) is 4.15. The smallest absolute Gasteiger partial charge is 0.270 e. The zero-order chi connectivity index (χ0) is 20.3. The molecule has 0 fully saturated rings. The van der Waals surface area contributed by atoms with Gasteiger partial charge in [-0.2, -0.15) is 5.10 Å². The average molecular weight is 421 g/mol. The first-order valence-corrected chi connectivity index (χ1v) is 10.2. The Balaban J connectivity index is 2.00. The van der Waals surface area contributed by atoms with Crippen molar-refractivity contribution < 1.29 is 13.3 Å². The molecule has 2 aromatic rings. The van der Waals surface area contributed by atoms with E-state index >= 15 is 0 Å². The Labute approximate surface area is 167 Å². The molecule has 146 valence electrons. The van der Waals surface area contributed by atoms with Crippen LogP contribution in [0, 0.1) is 10.1 Å². The van der Waals surface area contributed by atoms with Crippen molar-refractivity contribution in [3.8, 4) is 0 Å². The Kier molecular flexibility index (Phi) is 5.66. The van der Waals surface area contributed by atoms with Crippen LogP contribution < -0.4 is 10.1 Å². The van der Waals surface area contributed by atoms with Crippen molar-refractivity contribution in [1.29, 1.82) is 0 Å². The van der Waals surface area contributed by atoms with E-state index in [9.17, 15) is 18.5 Å². The SMILES string of the molecule is CC1=CC(=NNc2ccc([N+](=O)[O-])cc2S(=O)(=O)Nc2ccccc2Cl)CC1. The van der Waals surface area contributed by atoms with Gasteiger partial charge in [-0.1, -0.05) is 29.3 Å². The second-order valence-corrected chi connectivity index (χ2v) is 8.29. The summed E-state index contributed by atoms with van der Waals surface area (Å²) in [7, 11) is -4.17. The van der Waals surface area contributed by atoms with E-state index in [0.717, 1.165) is 24.6 Å². The molecule has 0 saturated carbocycles. The van der Waals surface area contributed by atoms with Gasteiger partial charge in [-0.3, -0.25) is 20.3 Å². The van der Waals surface area contributed by atoms with Crippen LogP contribution >= 0.6 is 11.6 Å². The van der Waals surface area contributed by atoms with Gasteiger partial charge >= 0.3 is 0 Å². The molecular formula is C18H17ClN4O4S. The lowest BCUT2D eigenvalue weighted by Crippen LogP contribution is -2.15. The summed E-state index contributed by atoms with van der Waals surface area (Å²) in [6.45, 7) is 1.98. The number of allylic oxidation sites excluding steroid dienone is 2. The molecule has 2 N–H and O–H groups in total. The van der Waals surface area contributed by atoms with Crippen LogP contribution in [-0.2, 0) is 10.0 Å². The number of hydrazone groups is 1. The number of nitrogens with zero attached hydrogens (tertiary/aromatic N) is 2. The highest BCUT2D eigenvalue weighted by atomic mass is 35.5. The molecule has 0 amide bonds. The van der Waals surface area contributed by atoms with E-state index in [1.54, 1.807) is 12.1 Å². The Morgan fingerprint density at radius 1 is 1.14 bits per heavy atom. The van der Waals surface area contributed by atoms with Crippen LogP contribution in [0.5, 0.6) is 0 Å². The second kappa shape index (κ2) is 7.99. The highest BCUT2D eigenvalue weighted by Gasteiger charge is 2.23. The first kappa shape index (κ1) is 19.8. The Morgan fingerprint density at radius 2 is 1.89 bits per heavy atom. The topological polar surface area (TPSA) is 114 Å². The van der Waals surface area contributed by atoms with Crippen molar-refractivity contribution in [2.24, 2.45) is 5.10 Å². The monoisotopic (exact) mass is 420 g/mol. The lowest BCUT2D eigenvalue weighted by molar-refractivity contribution is -0.385. The number of nitro benzene ring substituents is 1. The standard InChI is InChI=1S/C18H17ClN4O4S/c1-12-6-7-13(10-12)20-21-17-9-8-14(23(24)25)11-18(17)28(26,27)22-16-5-3-2-4-15(16)19/h2-5,8-11,21-22H,6-7H2,1H3. The molecule has 3 rings (SSSR count). The van der Waals surface area contributed by atoms with Gasteiger partial charge in [0.25, 0.3) is 15.7 Å². The molecule has 1 aliphatic rings. The predicted molar refractivity (Wildman–Crippen MR) is 109 cm³/mol. The van der Waals surface area contributed by atoms with Gasteiger partial charge in [0.05, 0.1) is 27.0 Å². The molecule has 0 aromatic heterocycles. The lowest BCUT2D eigenvalue weighted by atomic mass is 10.3. The molecule has 0 heterocycles. The van der Waals surface area contributed by atoms with Crippen molar-refractivity contribution in [1.82, 2.24) is 0 Å². The van der Waals surface area contributed by atoms with E-state index in [0.29, 0.717) is 0 Å². The zero-order valence-corrected chi connectivity index (χ0v) is 16.4. The van der Waals surface area contributed by atoms with E-state index in [2.05, 4.69) is 15.2 Å². The molecule has 0 aliphatic heterocycles. The molecule has 1 aliphatic carbocycles. The van der Waals surface area contributed by atoms with Crippen molar-refractivity contribution in [3.63, 3.8) is 0 Å². The maximum atomic E-state index is 12.9. The molecule has 2 aromatic carbocycles. The van der Waals surface area contributed by atoms with Crippen LogP contribution in [0.25, 0.3) is 0 Å². The van der Waals surface area contributed by atoms with Crippen LogP contribution in [-0.4, -0.2) is 19.1 Å². The third-order valence-electron chi connectivity index (χ3n) is 4.09. The van der Waals surface area contributed by atoms with E-state index in [1.807, 2.05) is 13.0 Å². The molecule has 28 heavy (non-hydrogen) atoms. The minimum atomic E-state index is -4.17. The first-order valence-electron chi connectivity index (χ1n) is 8.32. The zero-order valence-electron chi connectivity index (χ0n) is 14.8. The summed E-state index contributed by atoms with van der Waals surface area (Å²) in [5, 5.41) is 15.5. The van der Waals surface area contributed by atoms with Gasteiger partial charge in [0, 0.05) is 12.1 Å². The molecular weight excluding hydrogens is 404 g/mol. The normalized spacial score (nSPS) is 15.4. The third-order valence-corrected chi connectivity index (χ3v) is 5.83. The number of halogens is 1. The molecule has 10 heteroatoms. The molecule has 0 atom stereocenters. The summed E-state index contributed by atoms with van der Waals surface area (Å²) in [5.74, 6) is 0. The van der Waals surface area contributed by atoms with Crippen molar-refractivity contribution in [2.75, 3.05) is 10.1 Å². The van der Waals surface area contributed by atoms with Gasteiger partial charge in [-0.25, -0.2) is 8.42 Å². The highest BCUT2D eigenvalue weighted by Crippen LogP contribution is 2.30. The minimum Gasteiger partial charge on any atom is -0.278 e. The third kappa shape index (κ3) is 4.49. The van der Waals surface area contributed by atoms with Crippen LogP contribution in [0.4, 0.5) is 17.1 Å². The fraction of sp³-hybridized carbons (Fsp3) is 0.167. The second-order valence-electron chi connectivity index (χ2n) is 6.23. The van der Waals surface area contributed by atoms with Crippen molar-refractivity contribution in [3.05, 3.63) is 69.3 Å². The number of nitro groups is 1. The summed E-state index contributed by atoms with van der Waals surface area (Å²) in [6, 6.07) is 9.83. The molecule has 0 spiro atoms. The average Bonchev–Trinajstić information content (AvgIpc) is 3.07. The number of non-ortho nitro benzene ring substituents is 1. The molecule has 0 unspecified atom stereocenters. The molecule has 0 radical (unpaired) electrons. The Bertz CT molecular complexity index is 1100. The van der Waals surface area contributed by atoms with E-state index < -0.39 is 14.9 Å². The number of rotatable bonds is 6. The first-order chi connectivity index (χ1) is 13.3. The molecule has 0 bridgehead atoms. The van der Waals surface area contributed by atoms with Crippen LogP contribution in [0.2, 0.25) is 5.02 Å². The molecule has 8 nitrogen and oxygen atoms in total. The van der Waals surface area contributed by atoms with Crippen molar-refractivity contribution >= 4 is 44.4 Å². The number of hydrogen-bond acceptors (Lipinski definition) is 6. The summed E-state index contributed by atoms with van der Waals surface area (Å²) in [5.41, 5.74) is 4.61. The van der Waals surface area contributed by atoms with Crippen LogP contribution in [0.1, 0.15) is 19.8 Å². The summed E-state index contributed by atoms with van der Waals surface area (Å²) >= 11 is 6.02. The van der Waals surface area contributed by atoms with Gasteiger partial charge in [-0.15, -0.1) is 0 Å². The maximum absolute atomic E-state index is 12.9. The van der Waals surface area contributed by atoms with Crippen LogP contribution in [0.15, 0.2) is 64.1 Å². The summed E-state index contributed by atoms with van der Waals surface area (Å²) < 4.78 is 28.2. The summed E-state index contributed by atoms with van der Waals surface area (Å²) in [4.78, 5) is 10.2. The van der Waals surface area contributed by atoms with Crippen molar-refractivity contribution in [2.45, 2.75) is 24.7 Å². The number of para-hydroxylation sites is 1. The van der Waals surface area contributed by atoms with Crippen LogP contribution in [0.3, 0.4) is 0 Å². The maximum Gasteiger partial charge on any atom is 0.270 e. The van der Waals surface area contributed by atoms with Gasteiger partial charge in [0.2, 0.25) is 0 Å². The number of nitrogens with one attached hydrogen (secondary N) is 2. The number of anilines is 2. The quantitative estimate of drug-likeness (QED) is 0.525. The van der Waals surface area contributed by atoms with E-state index in [1.165, 1.54) is 29.8 Å². The number of sulfonamides is 1. The Morgan fingerprint density at radius 3 is 2.54 bits per heavy atom. The fourth-order valence-electron chi connectivity index (χ4n) is 2.66. The Hall–Kier alpha value is -2.91. The van der Waals surface area contributed by atoms with Gasteiger partial charge in [0.1, 0.15) is 4.90 Å². The van der Waals surface area contributed by atoms with E-state index in [4.69, 9.17) is 11.6 Å². The van der Waals surface area contributed by atoms with Gasteiger partial charge in [0.15, 0.2) is 0 Å². The number of benzene rings is 2. The van der Waals surface area contributed by atoms with Gasteiger partial charge < -0.3 is 0 Å². The lowest BCUT2D eigenvalue weighted by Gasteiger charge is -2.13. The largest absolute Gasteiger partial charge is 0.278 e. The summed E-state index contributed by atoms with van der Waals surface area (Å²) in [6.07, 6.45) is 3.54. The highest BCUT2D eigenvalue weighted by molar-refractivity contribution is 7.93. The van der Waals surface area contributed by atoms with E-state index in [-0.39, 0.29) is 27.0 Å². The molecule has 0 saturated heterocycles. The number of hydrogen-bond donors (Lipinski definition) is 2.